The van der Waals surface area contributed by atoms with E-state index >= 15 is 0 Å². The van der Waals surface area contributed by atoms with Crippen LogP contribution in [0, 0.1) is 0 Å². The van der Waals surface area contributed by atoms with E-state index < -0.39 is 0 Å². The Kier molecular flexibility index (Phi) is 6.96. The second kappa shape index (κ2) is 12.2. The number of aromatic hydroxyl groups is 2. The van der Waals surface area contributed by atoms with Crippen molar-refractivity contribution in [3.05, 3.63) is 164 Å². The van der Waals surface area contributed by atoms with Gasteiger partial charge in [0, 0.05) is 51.0 Å². The van der Waals surface area contributed by atoms with Crippen LogP contribution in [0.15, 0.2) is 164 Å². The minimum absolute atomic E-state index is 0.133. The molecule has 55 heavy (non-hydrogen) atoms. The van der Waals surface area contributed by atoms with Crippen LogP contribution in [-0.2, 0) is 0 Å². The number of hydrogen-bond acceptors (Lipinski definition) is 6. The highest BCUT2D eigenvalue weighted by Gasteiger charge is 2.24. The zero-order valence-corrected chi connectivity index (χ0v) is 30.0. The lowest BCUT2D eigenvalue weighted by Gasteiger charge is -2.21. The molecule has 3 aromatic heterocycles. The molecule has 0 aliphatic carbocycles. The summed E-state index contributed by atoms with van der Waals surface area (Å²) in [5, 5.41) is 32.6. The number of fused-ring (bicyclic) bond motifs is 7. The van der Waals surface area contributed by atoms with Gasteiger partial charge in [-0.1, -0.05) is 115 Å². The van der Waals surface area contributed by atoms with Gasteiger partial charge < -0.3 is 10.2 Å². The molecule has 0 bridgehead atoms. The summed E-state index contributed by atoms with van der Waals surface area (Å²) in [5.41, 5.74) is 8.59. The lowest BCUT2D eigenvalue weighted by molar-refractivity contribution is 0.482. The van der Waals surface area contributed by atoms with Gasteiger partial charge in [0.2, 0.25) is 0 Å². The summed E-state index contributed by atoms with van der Waals surface area (Å²) in [6.45, 7) is 0. The summed E-state index contributed by atoms with van der Waals surface area (Å²) in [5.74, 6) is 0.269. The fraction of sp³-hybridized carbons (Fsp3) is 0. The van der Waals surface area contributed by atoms with E-state index in [1.165, 1.54) is 4.70 Å². The molecule has 0 aliphatic heterocycles. The van der Waals surface area contributed by atoms with E-state index in [0.717, 1.165) is 81.4 Å². The van der Waals surface area contributed by atoms with Crippen molar-refractivity contribution >= 4 is 75.7 Å². The van der Waals surface area contributed by atoms with Crippen LogP contribution < -0.4 is 0 Å². The van der Waals surface area contributed by atoms with Crippen molar-refractivity contribution in [2.75, 3.05) is 0 Å². The van der Waals surface area contributed by atoms with E-state index in [0.29, 0.717) is 22.2 Å². The van der Waals surface area contributed by atoms with Crippen LogP contribution in [0.25, 0.3) is 108 Å². The summed E-state index contributed by atoms with van der Waals surface area (Å²) in [6.07, 6.45) is 3.42. The maximum Gasteiger partial charge on any atom is 0.149 e. The van der Waals surface area contributed by atoms with Crippen LogP contribution in [0.5, 0.6) is 11.5 Å². The second-order valence-corrected chi connectivity index (χ2v) is 14.9. The number of phenolic OH excluding ortho intramolecular Hbond substituents is 2. The molecule has 6 heteroatoms. The maximum absolute atomic E-state index is 12.0. The third-order valence-corrected chi connectivity index (χ3v) is 11.9. The fourth-order valence-corrected chi connectivity index (χ4v) is 9.28. The van der Waals surface area contributed by atoms with E-state index in [1.54, 1.807) is 23.7 Å². The van der Waals surface area contributed by atoms with Gasteiger partial charge in [0.1, 0.15) is 27.5 Å². The van der Waals surface area contributed by atoms with Crippen molar-refractivity contribution in [1.29, 1.82) is 0 Å². The first-order valence-corrected chi connectivity index (χ1v) is 18.9. The molecule has 258 valence electrons. The van der Waals surface area contributed by atoms with Gasteiger partial charge in [-0.2, -0.15) is 0 Å². The van der Waals surface area contributed by atoms with Crippen LogP contribution in [0.1, 0.15) is 0 Å². The molecule has 11 aromatic rings. The highest BCUT2D eigenvalue weighted by molar-refractivity contribution is 7.21. The zero-order chi connectivity index (χ0) is 36.6. The standard InChI is InChI=1S/C49H29N3O2S/c53-47-38(22-20-29-8-6-26-50-45(29)47)42-35-10-1-2-11-36(35)44(39-23-21-30-9-7-27-51-46(30)48(39)54)43-34-13-5-12-32(33(34)24-25-37(42)43)28-16-18-31(19-17-28)49-52-40-14-3-4-15-41(40)55-49/h1-27,53-54H. The minimum Gasteiger partial charge on any atom is -0.505 e. The SMILES string of the molecule is Oc1c(-c2c3ccccc3c(-c3ccc4cccnc4c3O)c3c2ccc2c(-c4ccc(-c5nc6ccccc6s5)cc4)cccc23)ccc2cccnc12. The number of pyridine rings is 2. The molecule has 0 spiro atoms. The van der Waals surface area contributed by atoms with Crippen molar-refractivity contribution in [2.24, 2.45) is 0 Å². The average Bonchev–Trinajstić information content (AvgIpc) is 3.68. The lowest BCUT2D eigenvalue weighted by Crippen LogP contribution is -1.94. The summed E-state index contributed by atoms with van der Waals surface area (Å²) in [6, 6.07) is 51.7. The van der Waals surface area contributed by atoms with E-state index in [2.05, 4.69) is 94.9 Å². The van der Waals surface area contributed by atoms with Crippen LogP contribution >= 0.6 is 11.3 Å². The third-order valence-electron chi connectivity index (χ3n) is 10.8. The van der Waals surface area contributed by atoms with Crippen molar-refractivity contribution < 1.29 is 10.2 Å². The van der Waals surface area contributed by atoms with Gasteiger partial charge in [-0.05, 0) is 79.8 Å². The van der Waals surface area contributed by atoms with Crippen LogP contribution in [0.3, 0.4) is 0 Å². The van der Waals surface area contributed by atoms with E-state index in [4.69, 9.17) is 4.98 Å². The molecule has 8 aromatic carbocycles. The lowest BCUT2D eigenvalue weighted by atomic mass is 9.82. The van der Waals surface area contributed by atoms with Gasteiger partial charge in [0.25, 0.3) is 0 Å². The molecule has 0 fully saturated rings. The number of benzene rings is 8. The molecule has 0 amide bonds. The Morgan fingerprint density at radius 2 is 1.02 bits per heavy atom. The molecule has 0 unspecified atom stereocenters. The Bertz CT molecular complexity index is 3320. The highest BCUT2D eigenvalue weighted by Crippen LogP contribution is 2.51. The maximum atomic E-state index is 12.0. The topological polar surface area (TPSA) is 79.1 Å². The third kappa shape index (κ3) is 4.82. The Labute approximate surface area is 319 Å². The molecular formula is C49H29N3O2S. The number of hydrogen-bond donors (Lipinski definition) is 2. The molecule has 0 saturated carbocycles. The number of para-hydroxylation sites is 1. The first-order chi connectivity index (χ1) is 27.1. The van der Waals surface area contributed by atoms with E-state index in [-0.39, 0.29) is 11.5 Å². The van der Waals surface area contributed by atoms with Crippen molar-refractivity contribution in [2.45, 2.75) is 0 Å². The van der Waals surface area contributed by atoms with Gasteiger partial charge in [-0.3, -0.25) is 9.97 Å². The van der Waals surface area contributed by atoms with Crippen molar-refractivity contribution in [3.8, 4) is 55.5 Å². The van der Waals surface area contributed by atoms with Crippen LogP contribution in [0.4, 0.5) is 0 Å². The molecule has 2 N–H and O–H groups in total. The second-order valence-electron chi connectivity index (χ2n) is 13.8. The summed E-state index contributed by atoms with van der Waals surface area (Å²) in [7, 11) is 0. The number of phenols is 2. The Balaban J connectivity index is 1.22. The quantitative estimate of drug-likeness (QED) is 0.140. The smallest absolute Gasteiger partial charge is 0.149 e. The average molecular weight is 724 g/mol. The van der Waals surface area contributed by atoms with Crippen molar-refractivity contribution in [3.63, 3.8) is 0 Å². The number of aromatic nitrogens is 3. The van der Waals surface area contributed by atoms with Crippen LogP contribution in [0.2, 0.25) is 0 Å². The van der Waals surface area contributed by atoms with E-state index in [9.17, 15) is 10.2 Å². The van der Waals surface area contributed by atoms with Gasteiger partial charge >= 0.3 is 0 Å². The predicted molar refractivity (Wildman–Crippen MR) is 228 cm³/mol. The Morgan fingerprint density at radius 3 is 1.73 bits per heavy atom. The molecule has 3 heterocycles. The highest BCUT2D eigenvalue weighted by atomic mass is 32.1. The zero-order valence-electron chi connectivity index (χ0n) is 29.2. The Morgan fingerprint density at radius 1 is 0.418 bits per heavy atom. The molecule has 5 nitrogen and oxygen atoms in total. The summed E-state index contributed by atoms with van der Waals surface area (Å²) < 4.78 is 1.17. The van der Waals surface area contributed by atoms with Crippen molar-refractivity contribution in [1.82, 2.24) is 15.0 Å². The molecule has 0 radical (unpaired) electrons. The van der Waals surface area contributed by atoms with Crippen LogP contribution in [-0.4, -0.2) is 25.2 Å². The monoisotopic (exact) mass is 723 g/mol. The first-order valence-electron chi connectivity index (χ1n) is 18.1. The van der Waals surface area contributed by atoms with E-state index in [1.807, 2.05) is 66.7 Å². The number of nitrogens with zero attached hydrogens (tertiary/aromatic N) is 3. The number of thiazole rings is 1. The largest absolute Gasteiger partial charge is 0.505 e. The number of rotatable bonds is 4. The normalized spacial score (nSPS) is 11.8. The predicted octanol–water partition coefficient (Wildman–Crippen LogP) is 12.9. The minimum atomic E-state index is 0.133. The first kappa shape index (κ1) is 31.4. The molecular weight excluding hydrogens is 695 g/mol. The summed E-state index contributed by atoms with van der Waals surface area (Å²) >= 11 is 1.70. The molecule has 0 saturated heterocycles. The molecule has 0 atom stereocenters. The van der Waals surface area contributed by atoms with Gasteiger partial charge in [0.05, 0.1) is 10.2 Å². The Hall–Kier alpha value is -7.15. The summed E-state index contributed by atoms with van der Waals surface area (Å²) in [4.78, 5) is 14.1. The van der Waals surface area contributed by atoms with Gasteiger partial charge in [-0.25, -0.2) is 4.98 Å². The molecule has 0 aliphatic rings. The fourth-order valence-electron chi connectivity index (χ4n) is 8.31. The molecule has 11 rings (SSSR count). The van der Waals surface area contributed by atoms with Gasteiger partial charge in [0.15, 0.2) is 0 Å². The van der Waals surface area contributed by atoms with Gasteiger partial charge in [-0.15, -0.1) is 11.3 Å².